The Bertz CT molecular complexity index is 1480. The Labute approximate surface area is 195 Å². The van der Waals surface area contributed by atoms with E-state index in [1.54, 1.807) is 6.07 Å². The van der Waals surface area contributed by atoms with Gasteiger partial charge in [0.25, 0.3) is 0 Å². The van der Waals surface area contributed by atoms with Crippen LogP contribution in [0.15, 0.2) is 66.7 Å². The lowest BCUT2D eigenvalue weighted by atomic mass is 10.1. The van der Waals surface area contributed by atoms with Crippen LogP contribution in [0.5, 0.6) is 5.75 Å². The topological polar surface area (TPSA) is 9.23 Å². The standard InChI is InChI=1S/C29H18F4O/c1-2-15-34-24-12-7-19(8-13-24)3-4-21-6-11-22(26(30)17-21)10-5-20-9-14-25-23(16-20)18-27(31)29(33)28(25)32/h6-9,11-14,16-18H,2,15H2,1H3. The molecule has 5 heteroatoms. The van der Waals surface area contributed by atoms with Crippen molar-refractivity contribution < 1.29 is 22.3 Å². The Kier molecular flexibility index (Phi) is 6.85. The molecular weight excluding hydrogens is 440 g/mol. The predicted molar refractivity (Wildman–Crippen MR) is 124 cm³/mol. The lowest BCUT2D eigenvalue weighted by Gasteiger charge is -2.03. The van der Waals surface area contributed by atoms with Crippen LogP contribution in [-0.2, 0) is 0 Å². The summed E-state index contributed by atoms with van der Waals surface area (Å²) >= 11 is 0. The number of rotatable bonds is 3. The Balaban J connectivity index is 1.52. The summed E-state index contributed by atoms with van der Waals surface area (Å²) in [6.07, 6.45) is 0.928. The highest BCUT2D eigenvalue weighted by Crippen LogP contribution is 2.24. The molecule has 0 amide bonds. The Morgan fingerprint density at radius 1 is 0.647 bits per heavy atom. The molecule has 0 atom stereocenters. The van der Waals surface area contributed by atoms with Crippen LogP contribution in [0, 0.1) is 47.0 Å². The molecule has 4 aromatic rings. The number of halogens is 4. The summed E-state index contributed by atoms with van der Waals surface area (Å²) in [5, 5.41) is 0.112. The van der Waals surface area contributed by atoms with Gasteiger partial charge in [-0.2, -0.15) is 0 Å². The van der Waals surface area contributed by atoms with E-state index in [9.17, 15) is 17.6 Å². The molecule has 0 aliphatic carbocycles. The summed E-state index contributed by atoms with van der Waals surface area (Å²) in [6, 6.07) is 16.9. The first-order valence-corrected chi connectivity index (χ1v) is 10.6. The van der Waals surface area contributed by atoms with Crippen LogP contribution in [0.2, 0.25) is 0 Å². The molecule has 0 aliphatic rings. The molecule has 0 aliphatic heterocycles. The molecule has 0 unspecified atom stereocenters. The maximum atomic E-state index is 14.5. The summed E-state index contributed by atoms with van der Waals surface area (Å²) in [5.41, 5.74) is 1.83. The van der Waals surface area contributed by atoms with E-state index in [0.717, 1.165) is 23.8 Å². The molecule has 0 spiro atoms. The molecule has 0 aromatic heterocycles. The highest BCUT2D eigenvalue weighted by Gasteiger charge is 2.13. The van der Waals surface area contributed by atoms with Crippen LogP contribution in [0.25, 0.3) is 10.8 Å². The number of hydrogen-bond donors (Lipinski definition) is 0. The van der Waals surface area contributed by atoms with Crippen molar-refractivity contribution in [3.63, 3.8) is 0 Å². The fourth-order valence-corrected chi connectivity index (χ4v) is 3.22. The monoisotopic (exact) mass is 458 g/mol. The van der Waals surface area contributed by atoms with Crippen molar-refractivity contribution in [2.75, 3.05) is 6.61 Å². The van der Waals surface area contributed by atoms with Gasteiger partial charge in [-0.15, -0.1) is 0 Å². The van der Waals surface area contributed by atoms with Crippen molar-refractivity contribution in [2.24, 2.45) is 0 Å². The molecule has 0 bridgehead atoms. The van der Waals surface area contributed by atoms with E-state index in [-0.39, 0.29) is 16.3 Å². The van der Waals surface area contributed by atoms with Gasteiger partial charge < -0.3 is 4.74 Å². The van der Waals surface area contributed by atoms with Crippen LogP contribution < -0.4 is 4.74 Å². The molecule has 0 fully saturated rings. The third-order valence-electron chi connectivity index (χ3n) is 4.96. The van der Waals surface area contributed by atoms with Gasteiger partial charge in [0.1, 0.15) is 11.6 Å². The van der Waals surface area contributed by atoms with Gasteiger partial charge in [-0.05, 0) is 72.5 Å². The highest BCUT2D eigenvalue weighted by molar-refractivity contribution is 5.84. The SMILES string of the molecule is CCCOc1ccc(C#Cc2ccc(C#Cc3ccc4c(F)c(F)c(F)cc4c3)c(F)c2)cc1. The van der Waals surface area contributed by atoms with Crippen molar-refractivity contribution in [1.82, 2.24) is 0 Å². The minimum absolute atomic E-state index is 0.0540. The van der Waals surface area contributed by atoms with E-state index in [4.69, 9.17) is 4.74 Å². The maximum absolute atomic E-state index is 14.5. The van der Waals surface area contributed by atoms with Gasteiger partial charge in [0.15, 0.2) is 17.5 Å². The van der Waals surface area contributed by atoms with E-state index in [2.05, 4.69) is 23.7 Å². The molecule has 0 radical (unpaired) electrons. The van der Waals surface area contributed by atoms with Crippen LogP contribution >= 0.6 is 0 Å². The lowest BCUT2D eigenvalue weighted by Crippen LogP contribution is -1.94. The van der Waals surface area contributed by atoms with Gasteiger partial charge in [0, 0.05) is 22.1 Å². The normalized spacial score (nSPS) is 10.3. The molecule has 1 nitrogen and oxygen atoms in total. The first-order valence-electron chi connectivity index (χ1n) is 10.6. The van der Waals surface area contributed by atoms with Gasteiger partial charge in [-0.3, -0.25) is 0 Å². The Hall–Kier alpha value is -4.22. The molecule has 168 valence electrons. The van der Waals surface area contributed by atoms with Gasteiger partial charge >= 0.3 is 0 Å². The predicted octanol–water partition coefficient (Wildman–Crippen LogP) is 6.98. The molecule has 34 heavy (non-hydrogen) atoms. The van der Waals surface area contributed by atoms with E-state index in [1.165, 1.54) is 30.3 Å². The molecular formula is C29H18F4O. The number of hydrogen-bond acceptors (Lipinski definition) is 1. The van der Waals surface area contributed by atoms with Crippen LogP contribution in [0.3, 0.4) is 0 Å². The number of fused-ring (bicyclic) bond motifs is 1. The highest BCUT2D eigenvalue weighted by atomic mass is 19.2. The summed E-state index contributed by atoms with van der Waals surface area (Å²) < 4.78 is 60.8. The second-order valence-corrected chi connectivity index (χ2v) is 7.49. The van der Waals surface area contributed by atoms with Crippen LogP contribution in [-0.4, -0.2) is 6.61 Å². The third-order valence-corrected chi connectivity index (χ3v) is 4.96. The second-order valence-electron chi connectivity index (χ2n) is 7.49. The first-order chi connectivity index (χ1) is 16.4. The van der Waals surface area contributed by atoms with E-state index in [1.807, 2.05) is 31.2 Å². The number of ether oxygens (including phenoxy) is 1. The van der Waals surface area contributed by atoms with Crippen molar-refractivity contribution in [3.05, 3.63) is 112 Å². The first kappa shape index (κ1) is 23.0. The summed E-state index contributed by atoms with van der Waals surface area (Å²) in [4.78, 5) is 0. The zero-order chi connectivity index (χ0) is 24.1. The fraction of sp³-hybridized carbons (Fsp3) is 0.103. The van der Waals surface area contributed by atoms with Crippen molar-refractivity contribution in [3.8, 4) is 29.4 Å². The fourth-order valence-electron chi connectivity index (χ4n) is 3.22. The average molecular weight is 458 g/mol. The van der Waals surface area contributed by atoms with Crippen molar-refractivity contribution >= 4 is 10.8 Å². The van der Waals surface area contributed by atoms with E-state index in [0.29, 0.717) is 17.7 Å². The molecule has 4 rings (SSSR count). The zero-order valence-corrected chi connectivity index (χ0v) is 18.2. The zero-order valence-electron chi connectivity index (χ0n) is 18.2. The minimum atomic E-state index is -1.52. The summed E-state index contributed by atoms with van der Waals surface area (Å²) in [6.45, 7) is 2.69. The van der Waals surface area contributed by atoms with Crippen LogP contribution in [0.4, 0.5) is 17.6 Å². The lowest BCUT2D eigenvalue weighted by molar-refractivity contribution is 0.317. The average Bonchev–Trinajstić information content (AvgIpc) is 2.84. The van der Waals surface area contributed by atoms with E-state index >= 15 is 0 Å². The second kappa shape index (κ2) is 10.1. The van der Waals surface area contributed by atoms with E-state index < -0.39 is 23.3 Å². The quantitative estimate of drug-likeness (QED) is 0.183. The molecule has 4 aromatic carbocycles. The summed E-state index contributed by atoms with van der Waals surface area (Å²) in [7, 11) is 0. The smallest absolute Gasteiger partial charge is 0.195 e. The Morgan fingerprint density at radius 2 is 1.29 bits per heavy atom. The third kappa shape index (κ3) is 5.22. The maximum Gasteiger partial charge on any atom is 0.195 e. The summed E-state index contributed by atoms with van der Waals surface area (Å²) in [5.74, 6) is 7.56. The van der Waals surface area contributed by atoms with Gasteiger partial charge in [-0.1, -0.05) is 36.7 Å². The molecule has 0 saturated carbocycles. The largest absolute Gasteiger partial charge is 0.494 e. The van der Waals surface area contributed by atoms with Crippen LogP contribution in [0.1, 0.15) is 35.6 Å². The van der Waals surface area contributed by atoms with Gasteiger partial charge in [0.2, 0.25) is 0 Å². The molecule has 0 heterocycles. The van der Waals surface area contributed by atoms with Gasteiger partial charge in [0.05, 0.1) is 12.2 Å². The Morgan fingerprint density at radius 3 is 2.03 bits per heavy atom. The van der Waals surface area contributed by atoms with Crippen molar-refractivity contribution in [1.29, 1.82) is 0 Å². The molecule has 0 saturated heterocycles. The van der Waals surface area contributed by atoms with Gasteiger partial charge in [-0.25, -0.2) is 17.6 Å². The molecule has 0 N–H and O–H groups in total. The minimum Gasteiger partial charge on any atom is -0.494 e. The number of benzene rings is 4. The van der Waals surface area contributed by atoms with Crippen molar-refractivity contribution in [2.45, 2.75) is 13.3 Å².